The van der Waals surface area contributed by atoms with Crippen molar-refractivity contribution >= 4 is 39.8 Å². The molecule has 0 spiro atoms. The van der Waals surface area contributed by atoms with Gasteiger partial charge in [0.05, 0.1) is 8.45 Å². The molecule has 0 radical (unpaired) electrons. The minimum atomic E-state index is 0.225. The van der Waals surface area contributed by atoms with Gasteiger partial charge in [-0.25, -0.2) is 0 Å². The summed E-state index contributed by atoms with van der Waals surface area (Å²) in [4.78, 5) is 17.1. The molecular formula is C13H17IN2OS. The van der Waals surface area contributed by atoms with Crippen molar-refractivity contribution < 1.29 is 4.79 Å². The fraction of sp³-hybridized carbons (Fsp3) is 0.615. The second kappa shape index (κ2) is 5.46. The third kappa shape index (κ3) is 2.58. The summed E-state index contributed by atoms with van der Waals surface area (Å²) >= 11 is 3.93. The zero-order valence-corrected chi connectivity index (χ0v) is 13.2. The summed E-state index contributed by atoms with van der Waals surface area (Å²) < 4.78 is 1.19. The Morgan fingerprint density at radius 3 is 2.94 bits per heavy atom. The van der Waals surface area contributed by atoms with Crippen LogP contribution in [0.2, 0.25) is 0 Å². The first-order valence-electron chi connectivity index (χ1n) is 6.51. The van der Waals surface area contributed by atoms with Gasteiger partial charge in [0.15, 0.2) is 0 Å². The second-order valence-electron chi connectivity index (χ2n) is 5.08. The molecule has 1 aromatic rings. The van der Waals surface area contributed by atoms with Crippen LogP contribution in [0.25, 0.3) is 0 Å². The molecule has 98 valence electrons. The first-order valence-corrected chi connectivity index (χ1v) is 8.47. The summed E-state index contributed by atoms with van der Waals surface area (Å²) in [6, 6.07) is 2.61. The summed E-state index contributed by atoms with van der Waals surface area (Å²) in [5, 5.41) is 1.99. The highest BCUT2D eigenvalue weighted by atomic mass is 127. The minimum Gasteiger partial charge on any atom is -0.337 e. The van der Waals surface area contributed by atoms with Crippen LogP contribution in [-0.4, -0.2) is 47.9 Å². The zero-order valence-electron chi connectivity index (χ0n) is 10.3. The van der Waals surface area contributed by atoms with Crippen LogP contribution >= 0.6 is 33.9 Å². The van der Waals surface area contributed by atoms with Crippen LogP contribution in [-0.2, 0) is 0 Å². The molecule has 2 saturated heterocycles. The summed E-state index contributed by atoms with van der Waals surface area (Å²) in [7, 11) is 0. The summed E-state index contributed by atoms with van der Waals surface area (Å²) in [5.41, 5.74) is 0.871. The Balaban J connectivity index is 1.73. The summed E-state index contributed by atoms with van der Waals surface area (Å²) in [5.74, 6) is 0.225. The molecule has 0 N–H and O–H groups in total. The molecule has 18 heavy (non-hydrogen) atoms. The van der Waals surface area contributed by atoms with Gasteiger partial charge < -0.3 is 4.90 Å². The third-order valence-corrected chi connectivity index (χ3v) is 5.69. The largest absolute Gasteiger partial charge is 0.337 e. The highest BCUT2D eigenvalue weighted by molar-refractivity contribution is 14.1. The van der Waals surface area contributed by atoms with Gasteiger partial charge in [-0.2, -0.15) is 0 Å². The predicted molar refractivity (Wildman–Crippen MR) is 82.2 cm³/mol. The number of hydrogen-bond acceptors (Lipinski definition) is 3. The van der Waals surface area contributed by atoms with E-state index in [1.54, 1.807) is 11.3 Å². The quantitative estimate of drug-likeness (QED) is 0.704. The third-order valence-electron chi connectivity index (χ3n) is 3.91. The fourth-order valence-corrected chi connectivity index (χ4v) is 4.32. The molecule has 2 fully saturated rings. The van der Waals surface area contributed by atoms with Gasteiger partial charge in [0.2, 0.25) is 0 Å². The Hall–Kier alpha value is -0.140. The van der Waals surface area contributed by atoms with Crippen LogP contribution in [0.15, 0.2) is 11.4 Å². The highest BCUT2D eigenvalue weighted by Gasteiger charge is 2.30. The lowest BCUT2D eigenvalue weighted by atomic mass is 10.2. The number of amides is 1. The summed E-state index contributed by atoms with van der Waals surface area (Å²) in [6.07, 6.45) is 3.66. The van der Waals surface area contributed by atoms with Gasteiger partial charge in [-0.3, -0.25) is 9.69 Å². The average molecular weight is 376 g/mol. The van der Waals surface area contributed by atoms with E-state index in [0.717, 1.165) is 31.6 Å². The lowest BCUT2D eigenvalue weighted by Gasteiger charge is -2.25. The molecule has 0 aliphatic carbocycles. The van der Waals surface area contributed by atoms with Crippen LogP contribution in [0.1, 0.15) is 29.6 Å². The second-order valence-corrected chi connectivity index (χ2v) is 7.88. The fourth-order valence-electron chi connectivity index (χ4n) is 3.00. The zero-order chi connectivity index (χ0) is 12.5. The van der Waals surface area contributed by atoms with Crippen molar-refractivity contribution in [1.29, 1.82) is 0 Å². The maximum Gasteiger partial charge on any atom is 0.254 e. The van der Waals surface area contributed by atoms with Crippen molar-refractivity contribution in [3.63, 3.8) is 0 Å². The van der Waals surface area contributed by atoms with Crippen molar-refractivity contribution in [2.45, 2.75) is 25.3 Å². The average Bonchev–Trinajstić information content (AvgIpc) is 2.93. The lowest BCUT2D eigenvalue weighted by molar-refractivity contribution is 0.0744. The van der Waals surface area contributed by atoms with Gasteiger partial charge >= 0.3 is 0 Å². The van der Waals surface area contributed by atoms with Crippen LogP contribution in [0, 0.1) is 2.88 Å². The molecular weight excluding hydrogens is 359 g/mol. The maximum atomic E-state index is 12.5. The molecule has 5 heteroatoms. The molecule has 1 amide bonds. The van der Waals surface area contributed by atoms with Gasteiger partial charge in [0.25, 0.3) is 5.91 Å². The van der Waals surface area contributed by atoms with E-state index in [1.165, 1.54) is 22.3 Å². The molecule has 3 heterocycles. The molecule has 1 aromatic heterocycles. The number of carbonyl (C=O) groups excluding carboxylic acids is 1. The molecule has 0 aromatic carbocycles. The number of rotatable bonds is 1. The molecule has 2 aliphatic heterocycles. The topological polar surface area (TPSA) is 23.6 Å². The van der Waals surface area contributed by atoms with E-state index in [4.69, 9.17) is 0 Å². The van der Waals surface area contributed by atoms with E-state index >= 15 is 0 Å². The Bertz CT molecular complexity index is 448. The van der Waals surface area contributed by atoms with Crippen molar-refractivity contribution in [2.75, 3.05) is 26.2 Å². The molecule has 0 saturated carbocycles. The molecule has 0 bridgehead atoms. The Morgan fingerprint density at radius 2 is 2.17 bits per heavy atom. The standard InChI is InChI=1S/C13H17IN2OS/c14-12-7-10(9-18-12)13(17)16-6-2-5-15-4-1-3-11(15)8-16/h7,9,11H,1-6,8H2. The highest BCUT2D eigenvalue weighted by Crippen LogP contribution is 2.23. The maximum absolute atomic E-state index is 12.5. The van der Waals surface area contributed by atoms with E-state index < -0.39 is 0 Å². The smallest absolute Gasteiger partial charge is 0.254 e. The van der Waals surface area contributed by atoms with Gasteiger partial charge in [-0.15, -0.1) is 11.3 Å². The van der Waals surface area contributed by atoms with Crippen molar-refractivity contribution in [1.82, 2.24) is 9.80 Å². The summed E-state index contributed by atoms with van der Waals surface area (Å²) in [6.45, 7) is 4.22. The van der Waals surface area contributed by atoms with Crippen LogP contribution in [0.5, 0.6) is 0 Å². The molecule has 3 rings (SSSR count). The van der Waals surface area contributed by atoms with Crippen LogP contribution < -0.4 is 0 Å². The van der Waals surface area contributed by atoms with Crippen molar-refractivity contribution in [3.8, 4) is 0 Å². The Morgan fingerprint density at radius 1 is 1.33 bits per heavy atom. The number of halogens is 1. The predicted octanol–water partition coefficient (Wildman–Crippen LogP) is 2.66. The van der Waals surface area contributed by atoms with E-state index in [1.807, 2.05) is 11.4 Å². The van der Waals surface area contributed by atoms with Gasteiger partial charge in [0, 0.05) is 31.1 Å². The Kier molecular flexibility index (Phi) is 3.91. The van der Waals surface area contributed by atoms with E-state index in [0.29, 0.717) is 6.04 Å². The monoisotopic (exact) mass is 376 g/mol. The minimum absolute atomic E-state index is 0.225. The number of thiophene rings is 1. The Labute approximate surface area is 125 Å². The van der Waals surface area contributed by atoms with Crippen molar-refractivity contribution in [2.24, 2.45) is 0 Å². The van der Waals surface area contributed by atoms with E-state index in [2.05, 4.69) is 32.4 Å². The van der Waals surface area contributed by atoms with Crippen LogP contribution in [0.3, 0.4) is 0 Å². The normalized spacial score (nSPS) is 24.9. The number of fused-ring (bicyclic) bond motifs is 1. The van der Waals surface area contributed by atoms with E-state index in [-0.39, 0.29) is 5.91 Å². The van der Waals surface area contributed by atoms with Gasteiger partial charge in [-0.05, 0) is 54.5 Å². The first kappa shape index (κ1) is 12.9. The number of hydrogen-bond donors (Lipinski definition) is 0. The number of nitrogens with zero attached hydrogens (tertiary/aromatic N) is 2. The molecule has 1 atom stereocenters. The first-order chi connectivity index (χ1) is 8.74. The number of carbonyl (C=O) groups is 1. The molecule has 3 nitrogen and oxygen atoms in total. The lowest BCUT2D eigenvalue weighted by Crippen LogP contribution is -2.39. The van der Waals surface area contributed by atoms with Gasteiger partial charge in [-0.1, -0.05) is 0 Å². The molecule has 2 aliphatic rings. The molecule has 1 unspecified atom stereocenters. The van der Waals surface area contributed by atoms with Crippen molar-refractivity contribution in [3.05, 3.63) is 19.9 Å². The van der Waals surface area contributed by atoms with E-state index in [9.17, 15) is 4.79 Å². The van der Waals surface area contributed by atoms with Crippen LogP contribution in [0.4, 0.5) is 0 Å². The van der Waals surface area contributed by atoms with Gasteiger partial charge in [0.1, 0.15) is 0 Å². The SMILES string of the molecule is O=C(c1csc(I)c1)N1CCCN2CCCC2C1.